The predicted octanol–water partition coefficient (Wildman–Crippen LogP) is 2.15. The molecular formula is C22H21N7O2. The smallest absolute Gasteiger partial charge is 0.294 e. The highest BCUT2D eigenvalue weighted by molar-refractivity contribution is 6.02. The lowest BCUT2D eigenvalue weighted by Gasteiger charge is -2.31. The number of benzene rings is 2. The minimum Gasteiger partial charge on any atom is -0.449 e. The Morgan fingerprint density at radius 2 is 1.94 bits per heavy atom. The van der Waals surface area contributed by atoms with Crippen LogP contribution in [0.5, 0.6) is 0 Å². The molecule has 156 valence electrons. The summed E-state index contributed by atoms with van der Waals surface area (Å²) in [5, 5.41) is 9.32. The summed E-state index contributed by atoms with van der Waals surface area (Å²) in [7, 11) is 2.12. The number of nitrogens with zero attached hydrogens (tertiary/aromatic N) is 6. The Balaban J connectivity index is 1.45. The Morgan fingerprint density at radius 3 is 2.81 bits per heavy atom. The van der Waals surface area contributed by atoms with Crippen molar-refractivity contribution in [3.05, 3.63) is 58.6 Å². The third-order valence-electron chi connectivity index (χ3n) is 5.92. The molecule has 1 N–H and O–H groups in total. The van der Waals surface area contributed by atoms with Gasteiger partial charge in [0.05, 0.1) is 17.7 Å². The summed E-state index contributed by atoms with van der Waals surface area (Å²) in [6.45, 7) is 4.54. The number of fused-ring (bicyclic) bond motifs is 4. The van der Waals surface area contributed by atoms with Crippen LogP contribution in [0.2, 0.25) is 0 Å². The van der Waals surface area contributed by atoms with Crippen molar-refractivity contribution in [2.75, 3.05) is 33.2 Å². The Kier molecular flexibility index (Phi) is 4.12. The maximum atomic E-state index is 12.7. The van der Waals surface area contributed by atoms with E-state index in [1.54, 1.807) is 4.68 Å². The SMILES string of the molecule is CN1CCN(Cc2nc3c(oc4ccc(-n5nnc6ccccc65)cc43)c(=O)[nH]2)CC1. The molecule has 0 spiro atoms. The first-order valence-corrected chi connectivity index (χ1v) is 10.3. The van der Waals surface area contributed by atoms with Crippen LogP contribution < -0.4 is 5.56 Å². The zero-order valence-corrected chi connectivity index (χ0v) is 17.1. The molecule has 0 unspecified atom stereocenters. The second-order valence-corrected chi connectivity index (χ2v) is 8.04. The van der Waals surface area contributed by atoms with E-state index in [1.165, 1.54) is 0 Å². The molecule has 1 fully saturated rings. The topological polar surface area (TPSA) is 96.1 Å². The number of likely N-dealkylation sites (N-methyl/N-ethyl adjacent to an activating group) is 1. The van der Waals surface area contributed by atoms with Gasteiger partial charge >= 0.3 is 0 Å². The fourth-order valence-corrected chi connectivity index (χ4v) is 4.17. The van der Waals surface area contributed by atoms with E-state index in [2.05, 4.69) is 32.1 Å². The monoisotopic (exact) mass is 415 g/mol. The van der Waals surface area contributed by atoms with Crippen LogP contribution in [-0.2, 0) is 6.54 Å². The van der Waals surface area contributed by atoms with E-state index in [9.17, 15) is 4.79 Å². The van der Waals surface area contributed by atoms with Crippen molar-refractivity contribution in [2.45, 2.75) is 6.54 Å². The van der Waals surface area contributed by atoms with Gasteiger partial charge in [-0.15, -0.1) is 5.10 Å². The second kappa shape index (κ2) is 7.00. The molecule has 1 aliphatic heterocycles. The van der Waals surface area contributed by atoms with Gasteiger partial charge in [0.2, 0.25) is 5.58 Å². The maximum absolute atomic E-state index is 12.7. The highest BCUT2D eigenvalue weighted by Crippen LogP contribution is 2.28. The first kappa shape index (κ1) is 18.2. The molecule has 0 radical (unpaired) electrons. The molecule has 1 aliphatic rings. The second-order valence-electron chi connectivity index (χ2n) is 8.04. The summed E-state index contributed by atoms with van der Waals surface area (Å²) in [6, 6.07) is 13.5. The lowest BCUT2D eigenvalue weighted by molar-refractivity contribution is 0.145. The van der Waals surface area contributed by atoms with Crippen LogP contribution in [0.25, 0.3) is 38.8 Å². The van der Waals surface area contributed by atoms with Crippen LogP contribution in [0.15, 0.2) is 51.7 Å². The quantitative estimate of drug-likeness (QED) is 0.482. The van der Waals surface area contributed by atoms with E-state index < -0.39 is 0 Å². The molecule has 0 amide bonds. The number of rotatable bonds is 3. The highest BCUT2D eigenvalue weighted by atomic mass is 16.3. The number of aromatic nitrogens is 5. The van der Waals surface area contributed by atoms with E-state index in [4.69, 9.17) is 9.40 Å². The molecule has 2 aromatic carbocycles. The molecule has 0 atom stereocenters. The van der Waals surface area contributed by atoms with Gasteiger partial charge in [-0.05, 0) is 37.4 Å². The first-order valence-electron chi connectivity index (χ1n) is 10.3. The van der Waals surface area contributed by atoms with E-state index >= 15 is 0 Å². The van der Waals surface area contributed by atoms with Crippen molar-refractivity contribution >= 4 is 33.1 Å². The van der Waals surface area contributed by atoms with Gasteiger partial charge < -0.3 is 14.3 Å². The molecule has 9 heteroatoms. The van der Waals surface area contributed by atoms with E-state index in [1.807, 2.05) is 42.5 Å². The van der Waals surface area contributed by atoms with Crippen molar-refractivity contribution < 1.29 is 4.42 Å². The Bertz CT molecular complexity index is 1470. The molecule has 5 aromatic rings. The zero-order chi connectivity index (χ0) is 20.9. The molecule has 9 nitrogen and oxygen atoms in total. The average molecular weight is 415 g/mol. The number of hydrogen-bond acceptors (Lipinski definition) is 7. The van der Waals surface area contributed by atoms with Gasteiger partial charge in [0.25, 0.3) is 5.56 Å². The van der Waals surface area contributed by atoms with Gasteiger partial charge in [-0.2, -0.15) is 0 Å². The Hall–Kier alpha value is -3.56. The van der Waals surface area contributed by atoms with Crippen LogP contribution in [0.4, 0.5) is 0 Å². The van der Waals surface area contributed by atoms with Crippen molar-refractivity contribution in [3.8, 4) is 5.69 Å². The van der Waals surface area contributed by atoms with Crippen molar-refractivity contribution in [1.82, 2.24) is 34.8 Å². The summed E-state index contributed by atoms with van der Waals surface area (Å²) in [5.41, 5.74) is 3.77. The third kappa shape index (κ3) is 3.09. The molecule has 4 heterocycles. The fourth-order valence-electron chi connectivity index (χ4n) is 4.17. The fraction of sp³-hybridized carbons (Fsp3) is 0.273. The van der Waals surface area contributed by atoms with Crippen LogP contribution in [0, 0.1) is 0 Å². The zero-order valence-electron chi connectivity index (χ0n) is 17.1. The Labute approximate surface area is 176 Å². The van der Waals surface area contributed by atoms with Gasteiger partial charge in [-0.3, -0.25) is 9.69 Å². The summed E-state index contributed by atoms with van der Waals surface area (Å²) in [5.74, 6) is 0.654. The minimum absolute atomic E-state index is 0.248. The summed E-state index contributed by atoms with van der Waals surface area (Å²) in [6.07, 6.45) is 0. The van der Waals surface area contributed by atoms with Crippen LogP contribution >= 0.6 is 0 Å². The summed E-state index contributed by atoms with van der Waals surface area (Å²) >= 11 is 0. The Morgan fingerprint density at radius 1 is 1.10 bits per heavy atom. The van der Waals surface area contributed by atoms with Gasteiger partial charge in [0, 0.05) is 31.6 Å². The van der Waals surface area contributed by atoms with Crippen LogP contribution in [0.3, 0.4) is 0 Å². The number of para-hydroxylation sites is 1. The predicted molar refractivity (Wildman–Crippen MR) is 117 cm³/mol. The summed E-state index contributed by atoms with van der Waals surface area (Å²) < 4.78 is 7.61. The normalized spacial score (nSPS) is 16.0. The first-order chi connectivity index (χ1) is 15.2. The summed E-state index contributed by atoms with van der Waals surface area (Å²) in [4.78, 5) is 25.0. The number of furan rings is 1. The number of aromatic amines is 1. The number of piperazine rings is 1. The molecular weight excluding hydrogens is 394 g/mol. The van der Waals surface area contributed by atoms with E-state index in [0.29, 0.717) is 23.5 Å². The molecule has 3 aromatic heterocycles. The molecule has 31 heavy (non-hydrogen) atoms. The highest BCUT2D eigenvalue weighted by Gasteiger charge is 2.18. The van der Waals surface area contributed by atoms with Crippen molar-refractivity contribution in [2.24, 2.45) is 0 Å². The average Bonchev–Trinajstić information content (AvgIpc) is 3.37. The standard InChI is InChI=1S/C22H21N7O2/c1-27-8-10-28(11-9-27)13-19-23-20-15-12-14(6-7-18(15)31-21(20)22(30)24-19)29-17-5-3-2-4-16(17)25-26-29/h2-7,12H,8-11,13H2,1H3,(H,23,24,30). The van der Waals surface area contributed by atoms with Crippen molar-refractivity contribution in [3.63, 3.8) is 0 Å². The van der Waals surface area contributed by atoms with Gasteiger partial charge in [-0.25, -0.2) is 9.67 Å². The third-order valence-corrected chi connectivity index (χ3v) is 5.92. The van der Waals surface area contributed by atoms with Crippen LogP contribution in [0.1, 0.15) is 5.82 Å². The molecule has 0 saturated carbocycles. The minimum atomic E-state index is -0.252. The maximum Gasteiger partial charge on any atom is 0.294 e. The lowest BCUT2D eigenvalue weighted by atomic mass is 10.2. The van der Waals surface area contributed by atoms with Crippen molar-refractivity contribution in [1.29, 1.82) is 0 Å². The van der Waals surface area contributed by atoms with Gasteiger partial charge in [0.15, 0.2) is 0 Å². The number of hydrogen-bond donors (Lipinski definition) is 1. The lowest BCUT2D eigenvalue weighted by Crippen LogP contribution is -2.44. The molecule has 6 rings (SSSR count). The largest absolute Gasteiger partial charge is 0.449 e. The molecule has 1 saturated heterocycles. The van der Waals surface area contributed by atoms with E-state index in [-0.39, 0.29) is 11.1 Å². The molecule has 0 aliphatic carbocycles. The number of nitrogens with one attached hydrogen (secondary N) is 1. The van der Waals surface area contributed by atoms with E-state index in [0.717, 1.165) is 48.3 Å². The number of H-pyrrole nitrogens is 1. The molecule has 0 bridgehead atoms. The van der Waals surface area contributed by atoms with Crippen LogP contribution in [-0.4, -0.2) is 68.0 Å². The van der Waals surface area contributed by atoms with Gasteiger partial charge in [0.1, 0.15) is 22.4 Å². The van der Waals surface area contributed by atoms with Gasteiger partial charge in [-0.1, -0.05) is 17.3 Å².